The second-order valence-corrected chi connectivity index (χ2v) is 7.64. The van der Waals surface area contributed by atoms with Gasteiger partial charge in [-0.3, -0.25) is 24.1 Å². The van der Waals surface area contributed by atoms with E-state index in [1.807, 2.05) is 0 Å². The van der Waals surface area contributed by atoms with Crippen molar-refractivity contribution in [3.63, 3.8) is 0 Å². The molecule has 0 bridgehead atoms. The summed E-state index contributed by atoms with van der Waals surface area (Å²) in [5.74, 6) is -2.44. The van der Waals surface area contributed by atoms with Crippen LogP contribution in [0.3, 0.4) is 0 Å². The lowest BCUT2D eigenvalue weighted by Gasteiger charge is -2.12. The first kappa shape index (κ1) is 22.3. The fourth-order valence-corrected chi connectivity index (χ4v) is 3.64. The van der Waals surface area contributed by atoms with Gasteiger partial charge < -0.3 is 15.8 Å². The van der Waals surface area contributed by atoms with E-state index in [-0.39, 0.29) is 28.0 Å². The van der Waals surface area contributed by atoms with Crippen LogP contribution in [-0.2, 0) is 14.4 Å². The van der Waals surface area contributed by atoms with Gasteiger partial charge in [-0.1, -0.05) is 29.8 Å². The molecule has 0 aromatic heterocycles. The van der Waals surface area contributed by atoms with Crippen LogP contribution in [0.2, 0.25) is 5.02 Å². The Morgan fingerprint density at radius 2 is 1.97 bits per heavy atom. The van der Waals surface area contributed by atoms with Crippen LogP contribution in [0, 0.1) is 5.82 Å². The molecule has 0 aliphatic carbocycles. The summed E-state index contributed by atoms with van der Waals surface area (Å²) in [7, 11) is 0. The molecule has 2 aromatic rings. The number of ether oxygens (including phenoxy) is 1. The first-order valence-electron chi connectivity index (χ1n) is 8.75. The number of primary amides is 1. The second-order valence-electron chi connectivity index (χ2n) is 6.24. The summed E-state index contributed by atoms with van der Waals surface area (Å²) in [6.45, 7) is -0.899. The van der Waals surface area contributed by atoms with E-state index < -0.39 is 35.3 Å². The highest BCUT2D eigenvalue weighted by Gasteiger charge is 2.36. The van der Waals surface area contributed by atoms with Gasteiger partial charge in [0.15, 0.2) is 6.61 Å². The number of carbonyl (C=O) groups excluding carboxylic acids is 4. The molecular weight excluding hydrogens is 449 g/mol. The van der Waals surface area contributed by atoms with Crippen molar-refractivity contribution >= 4 is 58.1 Å². The molecule has 11 heteroatoms. The second kappa shape index (κ2) is 9.63. The maximum absolute atomic E-state index is 13.7. The van der Waals surface area contributed by atoms with E-state index in [9.17, 15) is 23.6 Å². The summed E-state index contributed by atoms with van der Waals surface area (Å²) in [5.41, 5.74) is 5.46. The van der Waals surface area contributed by atoms with Crippen LogP contribution in [-0.4, -0.2) is 41.0 Å². The molecule has 0 unspecified atom stereocenters. The van der Waals surface area contributed by atoms with E-state index in [1.54, 1.807) is 6.07 Å². The van der Waals surface area contributed by atoms with Crippen LogP contribution in [0.4, 0.5) is 14.9 Å². The highest BCUT2D eigenvalue weighted by atomic mass is 35.5. The molecule has 3 rings (SSSR count). The quantitative estimate of drug-likeness (QED) is 0.609. The van der Waals surface area contributed by atoms with Gasteiger partial charge in [0.1, 0.15) is 18.1 Å². The van der Waals surface area contributed by atoms with Gasteiger partial charge in [0, 0.05) is 0 Å². The summed E-state index contributed by atoms with van der Waals surface area (Å²) in [5, 5.41) is 1.87. The molecule has 0 spiro atoms. The fraction of sp³-hybridized carbons (Fsp3) is 0.100. The predicted molar refractivity (Wildman–Crippen MR) is 114 cm³/mol. The Bertz CT molecular complexity index is 1110. The zero-order chi connectivity index (χ0) is 22.5. The highest BCUT2D eigenvalue weighted by molar-refractivity contribution is 8.18. The van der Waals surface area contributed by atoms with E-state index >= 15 is 0 Å². The summed E-state index contributed by atoms with van der Waals surface area (Å²) in [6.07, 6.45) is 1.43. The Labute approximate surface area is 185 Å². The Kier molecular flexibility index (Phi) is 6.93. The maximum atomic E-state index is 13.7. The molecule has 0 radical (unpaired) electrons. The summed E-state index contributed by atoms with van der Waals surface area (Å²) < 4.78 is 18.8. The number of para-hydroxylation sites is 1. The van der Waals surface area contributed by atoms with Gasteiger partial charge in [0.25, 0.3) is 17.1 Å². The van der Waals surface area contributed by atoms with Crippen molar-refractivity contribution in [2.45, 2.75) is 0 Å². The van der Waals surface area contributed by atoms with Crippen LogP contribution in [0.5, 0.6) is 5.75 Å². The van der Waals surface area contributed by atoms with Crippen molar-refractivity contribution < 1.29 is 28.3 Å². The van der Waals surface area contributed by atoms with Crippen molar-refractivity contribution in [3.05, 3.63) is 63.8 Å². The minimum Gasteiger partial charge on any atom is -0.482 e. The normalized spacial score (nSPS) is 14.8. The van der Waals surface area contributed by atoms with Gasteiger partial charge in [0.05, 0.1) is 15.6 Å². The lowest BCUT2D eigenvalue weighted by Crippen LogP contribution is -2.36. The zero-order valence-electron chi connectivity index (χ0n) is 15.8. The molecule has 2 aromatic carbocycles. The molecule has 0 atom stereocenters. The average molecular weight is 464 g/mol. The number of nitrogens with one attached hydrogen (secondary N) is 1. The minimum absolute atomic E-state index is 0.0525. The fourth-order valence-electron chi connectivity index (χ4n) is 2.56. The third kappa shape index (κ3) is 5.62. The topological polar surface area (TPSA) is 119 Å². The monoisotopic (exact) mass is 463 g/mol. The highest BCUT2D eigenvalue weighted by Crippen LogP contribution is 2.33. The van der Waals surface area contributed by atoms with Gasteiger partial charge in [-0.05, 0) is 47.7 Å². The number of amides is 4. The van der Waals surface area contributed by atoms with Gasteiger partial charge in [0.2, 0.25) is 5.91 Å². The van der Waals surface area contributed by atoms with E-state index in [2.05, 4.69) is 5.32 Å². The number of rotatable bonds is 7. The molecule has 31 heavy (non-hydrogen) atoms. The Morgan fingerprint density at radius 3 is 2.65 bits per heavy atom. The van der Waals surface area contributed by atoms with E-state index in [0.717, 1.165) is 4.90 Å². The van der Waals surface area contributed by atoms with Crippen molar-refractivity contribution in [2.75, 3.05) is 18.5 Å². The summed E-state index contributed by atoms with van der Waals surface area (Å²) in [4.78, 5) is 48.5. The predicted octanol–water partition coefficient (Wildman–Crippen LogP) is 3.02. The molecule has 1 fully saturated rings. The molecule has 1 aliphatic rings. The zero-order valence-corrected chi connectivity index (χ0v) is 17.3. The largest absolute Gasteiger partial charge is 0.482 e. The SMILES string of the molecule is NC(=O)COc1ccc(C=C2SC(=O)N(CC(=O)Nc3ccccc3F)C2=O)cc1Cl. The Hall–Kier alpha value is -3.37. The third-order valence-electron chi connectivity index (χ3n) is 3.95. The lowest BCUT2D eigenvalue weighted by atomic mass is 10.2. The Balaban J connectivity index is 1.68. The Morgan fingerprint density at radius 1 is 1.23 bits per heavy atom. The third-order valence-corrected chi connectivity index (χ3v) is 5.15. The number of nitrogens with two attached hydrogens (primary N) is 1. The first-order chi connectivity index (χ1) is 14.7. The van der Waals surface area contributed by atoms with E-state index in [0.29, 0.717) is 17.3 Å². The van der Waals surface area contributed by atoms with Gasteiger partial charge in [-0.15, -0.1) is 0 Å². The molecule has 4 amide bonds. The molecular formula is C20H15ClFN3O5S. The molecule has 160 valence electrons. The summed E-state index contributed by atoms with van der Waals surface area (Å²) >= 11 is 6.75. The number of carbonyl (C=O) groups is 4. The van der Waals surface area contributed by atoms with Crippen LogP contribution < -0.4 is 15.8 Å². The van der Waals surface area contributed by atoms with Gasteiger partial charge >= 0.3 is 0 Å². The van der Waals surface area contributed by atoms with E-state index in [1.165, 1.54) is 42.5 Å². The molecule has 1 saturated heterocycles. The van der Waals surface area contributed by atoms with E-state index in [4.69, 9.17) is 22.1 Å². The lowest BCUT2D eigenvalue weighted by molar-refractivity contribution is -0.127. The number of halogens is 2. The number of nitrogens with zero attached hydrogens (tertiary/aromatic N) is 1. The average Bonchev–Trinajstić information content (AvgIpc) is 2.96. The van der Waals surface area contributed by atoms with Crippen molar-refractivity contribution in [3.8, 4) is 5.75 Å². The first-order valence-corrected chi connectivity index (χ1v) is 9.94. The van der Waals surface area contributed by atoms with Gasteiger partial charge in [-0.25, -0.2) is 4.39 Å². The molecule has 1 aliphatic heterocycles. The smallest absolute Gasteiger partial charge is 0.294 e. The number of anilines is 1. The molecule has 3 N–H and O–H groups in total. The molecule has 1 heterocycles. The standard InChI is InChI=1S/C20H15ClFN3O5S/c21-12-7-11(5-6-15(12)30-10-17(23)26)8-16-19(28)25(20(29)31-16)9-18(27)24-14-4-2-1-3-13(14)22/h1-8H,9-10H2,(H2,23,26)(H,24,27). The molecule has 0 saturated carbocycles. The van der Waals surface area contributed by atoms with Crippen molar-refractivity contribution in [2.24, 2.45) is 5.73 Å². The van der Waals surface area contributed by atoms with Crippen LogP contribution in [0.1, 0.15) is 5.56 Å². The molecule has 8 nitrogen and oxygen atoms in total. The summed E-state index contributed by atoms with van der Waals surface area (Å²) in [6, 6.07) is 10.1. The number of hydrogen-bond donors (Lipinski definition) is 2. The van der Waals surface area contributed by atoms with Crippen LogP contribution >= 0.6 is 23.4 Å². The van der Waals surface area contributed by atoms with Crippen molar-refractivity contribution in [1.82, 2.24) is 4.90 Å². The van der Waals surface area contributed by atoms with Crippen LogP contribution in [0.25, 0.3) is 6.08 Å². The minimum atomic E-state index is -0.715. The number of hydrogen-bond acceptors (Lipinski definition) is 6. The number of imide groups is 1. The maximum Gasteiger partial charge on any atom is 0.294 e. The van der Waals surface area contributed by atoms with Crippen molar-refractivity contribution in [1.29, 1.82) is 0 Å². The van der Waals surface area contributed by atoms with Gasteiger partial charge in [-0.2, -0.15) is 0 Å². The number of thioether (sulfide) groups is 1. The van der Waals surface area contributed by atoms with Crippen LogP contribution in [0.15, 0.2) is 47.4 Å². The number of benzene rings is 2.